The van der Waals surface area contributed by atoms with Crippen molar-refractivity contribution in [1.82, 2.24) is 4.31 Å². The van der Waals surface area contributed by atoms with Crippen molar-refractivity contribution in [3.8, 4) is 5.75 Å². The van der Waals surface area contributed by atoms with E-state index in [-0.39, 0.29) is 23.3 Å². The van der Waals surface area contributed by atoms with Gasteiger partial charge in [-0.3, -0.25) is 4.79 Å². The van der Waals surface area contributed by atoms with Crippen LogP contribution in [0, 0.1) is 0 Å². The Morgan fingerprint density at radius 2 is 1.86 bits per heavy atom. The van der Waals surface area contributed by atoms with Gasteiger partial charge < -0.3 is 14.8 Å². The number of anilines is 1. The van der Waals surface area contributed by atoms with Crippen LogP contribution in [0.2, 0.25) is 0 Å². The fraction of sp³-hybridized carbons (Fsp3) is 0.381. The first kappa shape index (κ1) is 21.3. The third-order valence-corrected chi connectivity index (χ3v) is 6.52. The number of morpholine rings is 1. The number of carbonyl (C=O) groups is 1. The van der Waals surface area contributed by atoms with Crippen LogP contribution in [0.15, 0.2) is 53.4 Å². The van der Waals surface area contributed by atoms with Crippen LogP contribution in [-0.4, -0.2) is 51.5 Å². The summed E-state index contributed by atoms with van der Waals surface area (Å²) in [6, 6.07) is 13.8. The molecule has 3 rings (SSSR count). The highest BCUT2D eigenvalue weighted by atomic mass is 32.2. The van der Waals surface area contributed by atoms with Gasteiger partial charge in [0, 0.05) is 18.8 Å². The summed E-state index contributed by atoms with van der Waals surface area (Å²) >= 11 is 0. The summed E-state index contributed by atoms with van der Waals surface area (Å²) in [5.41, 5.74) is 1.43. The lowest BCUT2D eigenvalue weighted by Crippen LogP contribution is -2.40. The number of nitrogens with one attached hydrogen (secondary N) is 1. The van der Waals surface area contributed by atoms with E-state index in [9.17, 15) is 13.2 Å². The monoisotopic (exact) mass is 418 g/mol. The van der Waals surface area contributed by atoms with Crippen molar-refractivity contribution in [1.29, 1.82) is 0 Å². The number of para-hydroxylation sites is 1. The topological polar surface area (TPSA) is 84.9 Å². The van der Waals surface area contributed by atoms with Gasteiger partial charge in [0.2, 0.25) is 10.0 Å². The zero-order valence-electron chi connectivity index (χ0n) is 16.6. The van der Waals surface area contributed by atoms with Gasteiger partial charge in [-0.1, -0.05) is 38.1 Å². The van der Waals surface area contributed by atoms with Crippen LogP contribution in [-0.2, 0) is 19.6 Å². The maximum absolute atomic E-state index is 12.8. The van der Waals surface area contributed by atoms with Crippen molar-refractivity contribution < 1.29 is 22.7 Å². The van der Waals surface area contributed by atoms with Crippen molar-refractivity contribution in [2.75, 3.05) is 38.2 Å². The van der Waals surface area contributed by atoms with E-state index in [0.29, 0.717) is 37.7 Å². The molecule has 1 heterocycles. The second-order valence-electron chi connectivity index (χ2n) is 7.07. The molecule has 1 aliphatic heterocycles. The Balaban J connectivity index is 1.65. The van der Waals surface area contributed by atoms with Crippen LogP contribution in [0.1, 0.15) is 25.3 Å². The number of amides is 1. The molecule has 0 radical (unpaired) electrons. The molecule has 1 aliphatic rings. The maximum atomic E-state index is 12.8. The first-order chi connectivity index (χ1) is 13.9. The van der Waals surface area contributed by atoms with E-state index in [1.54, 1.807) is 12.1 Å². The predicted octanol–water partition coefficient (Wildman–Crippen LogP) is 2.85. The van der Waals surface area contributed by atoms with E-state index in [0.717, 1.165) is 5.56 Å². The highest BCUT2D eigenvalue weighted by molar-refractivity contribution is 7.89. The third-order valence-electron chi connectivity index (χ3n) is 4.63. The van der Waals surface area contributed by atoms with Crippen molar-refractivity contribution in [2.45, 2.75) is 24.7 Å². The SMILES string of the molecule is CC(C)c1ccccc1OCC(=O)Nc1cccc(S(=O)(=O)N2CCOCC2)c1. The molecule has 0 bridgehead atoms. The summed E-state index contributed by atoms with van der Waals surface area (Å²) in [5, 5.41) is 2.70. The quantitative estimate of drug-likeness (QED) is 0.747. The lowest BCUT2D eigenvalue weighted by Gasteiger charge is -2.26. The van der Waals surface area contributed by atoms with Gasteiger partial charge in [-0.25, -0.2) is 8.42 Å². The van der Waals surface area contributed by atoms with Crippen molar-refractivity contribution in [2.24, 2.45) is 0 Å². The number of sulfonamides is 1. The van der Waals surface area contributed by atoms with Crippen LogP contribution < -0.4 is 10.1 Å². The van der Waals surface area contributed by atoms with Gasteiger partial charge in [0.05, 0.1) is 18.1 Å². The van der Waals surface area contributed by atoms with Gasteiger partial charge in [0.25, 0.3) is 5.91 Å². The largest absolute Gasteiger partial charge is 0.483 e. The van der Waals surface area contributed by atoms with Crippen molar-refractivity contribution >= 4 is 21.6 Å². The highest BCUT2D eigenvalue weighted by Gasteiger charge is 2.26. The number of ether oxygens (including phenoxy) is 2. The lowest BCUT2D eigenvalue weighted by molar-refractivity contribution is -0.118. The van der Waals surface area contributed by atoms with E-state index >= 15 is 0 Å². The van der Waals surface area contributed by atoms with Crippen LogP contribution in [0.4, 0.5) is 5.69 Å². The normalized spacial score (nSPS) is 15.3. The predicted molar refractivity (Wildman–Crippen MR) is 111 cm³/mol. The number of rotatable bonds is 7. The molecule has 0 aromatic heterocycles. The Morgan fingerprint density at radius 3 is 2.59 bits per heavy atom. The Hall–Kier alpha value is -2.42. The molecule has 1 amide bonds. The average Bonchev–Trinajstić information content (AvgIpc) is 2.73. The minimum Gasteiger partial charge on any atom is -0.483 e. The molecule has 29 heavy (non-hydrogen) atoms. The molecular formula is C21H26N2O5S. The van der Waals surface area contributed by atoms with Gasteiger partial charge in [-0.05, 0) is 35.7 Å². The van der Waals surface area contributed by atoms with Gasteiger partial charge >= 0.3 is 0 Å². The fourth-order valence-corrected chi connectivity index (χ4v) is 4.55. The summed E-state index contributed by atoms with van der Waals surface area (Å²) in [7, 11) is -3.62. The molecule has 0 aliphatic carbocycles. The molecule has 2 aromatic rings. The standard InChI is InChI=1S/C21H26N2O5S/c1-16(2)19-8-3-4-9-20(19)28-15-21(24)22-17-6-5-7-18(14-17)29(25,26)23-10-12-27-13-11-23/h3-9,14,16H,10-13,15H2,1-2H3,(H,22,24). The first-order valence-corrected chi connectivity index (χ1v) is 11.0. The molecule has 1 saturated heterocycles. The molecule has 1 fully saturated rings. The number of hydrogen-bond donors (Lipinski definition) is 1. The molecule has 1 N–H and O–H groups in total. The molecule has 0 atom stereocenters. The van der Waals surface area contributed by atoms with Crippen LogP contribution in [0.25, 0.3) is 0 Å². The zero-order valence-corrected chi connectivity index (χ0v) is 17.4. The highest BCUT2D eigenvalue weighted by Crippen LogP contribution is 2.26. The maximum Gasteiger partial charge on any atom is 0.262 e. The molecule has 0 spiro atoms. The third kappa shape index (κ3) is 5.35. The van der Waals surface area contributed by atoms with Gasteiger partial charge in [-0.2, -0.15) is 4.31 Å². The summed E-state index contributed by atoms with van der Waals surface area (Å²) in [6.45, 7) is 5.36. The smallest absolute Gasteiger partial charge is 0.262 e. The Bertz CT molecular complexity index is 953. The minimum absolute atomic E-state index is 0.142. The Morgan fingerprint density at radius 1 is 1.14 bits per heavy atom. The van der Waals surface area contributed by atoms with Crippen molar-refractivity contribution in [3.05, 3.63) is 54.1 Å². The molecular weight excluding hydrogens is 392 g/mol. The molecule has 0 unspecified atom stereocenters. The second-order valence-corrected chi connectivity index (χ2v) is 9.01. The average molecular weight is 419 g/mol. The second kappa shape index (κ2) is 9.39. The van der Waals surface area contributed by atoms with Crippen molar-refractivity contribution in [3.63, 3.8) is 0 Å². The number of nitrogens with zero attached hydrogens (tertiary/aromatic N) is 1. The first-order valence-electron chi connectivity index (χ1n) is 9.57. The molecule has 0 saturated carbocycles. The number of hydrogen-bond acceptors (Lipinski definition) is 5. The zero-order chi connectivity index (χ0) is 20.9. The number of carbonyl (C=O) groups excluding carboxylic acids is 1. The van der Waals surface area contributed by atoms with E-state index < -0.39 is 10.0 Å². The summed E-state index contributed by atoms with van der Waals surface area (Å²) < 4.78 is 37.8. The van der Waals surface area contributed by atoms with E-state index in [2.05, 4.69) is 19.2 Å². The number of benzene rings is 2. The van der Waals surface area contributed by atoms with E-state index in [4.69, 9.17) is 9.47 Å². The van der Waals surface area contributed by atoms with E-state index in [1.165, 1.54) is 16.4 Å². The van der Waals surface area contributed by atoms with Gasteiger partial charge in [-0.15, -0.1) is 0 Å². The minimum atomic E-state index is -3.62. The van der Waals surface area contributed by atoms with Gasteiger partial charge in [0.1, 0.15) is 5.75 Å². The Kier molecular flexibility index (Phi) is 6.89. The molecule has 8 heteroatoms. The summed E-state index contributed by atoms with van der Waals surface area (Å²) in [5.74, 6) is 0.585. The van der Waals surface area contributed by atoms with Crippen LogP contribution in [0.5, 0.6) is 5.75 Å². The van der Waals surface area contributed by atoms with Gasteiger partial charge in [0.15, 0.2) is 6.61 Å². The molecule has 156 valence electrons. The summed E-state index contributed by atoms with van der Waals surface area (Å²) in [4.78, 5) is 12.5. The van der Waals surface area contributed by atoms with E-state index in [1.807, 2.05) is 24.3 Å². The van der Waals surface area contributed by atoms with Crippen LogP contribution >= 0.6 is 0 Å². The molecule has 2 aromatic carbocycles. The van der Waals surface area contributed by atoms with Crippen LogP contribution in [0.3, 0.4) is 0 Å². The summed E-state index contributed by atoms with van der Waals surface area (Å²) in [6.07, 6.45) is 0. The lowest BCUT2D eigenvalue weighted by atomic mass is 10.0. The Labute approximate surface area is 171 Å². The fourth-order valence-electron chi connectivity index (χ4n) is 3.10. The molecule has 7 nitrogen and oxygen atoms in total.